The summed E-state index contributed by atoms with van der Waals surface area (Å²) in [6.07, 6.45) is 0.708. The largest absolute Gasteiger partial charge is 0.370 e. The molecule has 0 fully saturated rings. The molecule has 2 heterocycles. The predicted molar refractivity (Wildman–Crippen MR) is 109 cm³/mol. The minimum absolute atomic E-state index is 0.287. The maximum atomic E-state index is 9.95. The van der Waals surface area contributed by atoms with E-state index >= 15 is 0 Å². The highest BCUT2D eigenvalue weighted by molar-refractivity contribution is 5.67. The zero-order valence-corrected chi connectivity index (χ0v) is 16.3. The molecule has 0 radical (unpaired) electrons. The molecule has 4 nitrogen and oxygen atoms in total. The molecule has 2 N–H and O–H groups in total. The first-order valence-corrected chi connectivity index (χ1v) is 9.56. The third kappa shape index (κ3) is 3.62. The Hall–Kier alpha value is -3.16. The summed E-state index contributed by atoms with van der Waals surface area (Å²) in [4.78, 5) is 3.49. The monoisotopic (exact) mass is 370 g/mol. The fraction of sp³-hybridized carbons (Fsp3) is 0.250. The minimum Gasteiger partial charge on any atom is -0.370 e. The van der Waals surface area contributed by atoms with Gasteiger partial charge in [0.05, 0.1) is 12.2 Å². The maximum Gasteiger partial charge on any atom is 0.291 e. The molecular formula is C24H24N3O+. The summed E-state index contributed by atoms with van der Waals surface area (Å²) >= 11 is 0. The Labute approximate surface area is 165 Å². The maximum absolute atomic E-state index is 9.95. The lowest BCUT2D eigenvalue weighted by Crippen LogP contribution is -2.35. The van der Waals surface area contributed by atoms with Crippen molar-refractivity contribution >= 4 is 5.82 Å². The second-order valence-corrected chi connectivity index (χ2v) is 7.75. The number of fused-ring (bicyclic) bond motifs is 1. The summed E-state index contributed by atoms with van der Waals surface area (Å²) in [6, 6.07) is 22.9. The number of hydrogen-bond acceptors (Lipinski definition) is 3. The lowest BCUT2D eigenvalue weighted by atomic mass is 9.87. The van der Waals surface area contributed by atoms with Crippen molar-refractivity contribution in [2.75, 3.05) is 5.32 Å². The zero-order chi connectivity index (χ0) is 19.6. The van der Waals surface area contributed by atoms with Crippen LogP contribution in [-0.4, -0.2) is 5.60 Å². The molecule has 1 aromatic heterocycles. The molecule has 0 amide bonds. The number of aromatic amines is 1. The summed E-state index contributed by atoms with van der Waals surface area (Å²) in [6.45, 7) is 5.30. The van der Waals surface area contributed by atoms with E-state index in [1.54, 1.807) is 0 Å². The molecule has 4 heteroatoms. The highest BCUT2D eigenvalue weighted by atomic mass is 16.5. The molecule has 4 rings (SSSR count). The fourth-order valence-electron chi connectivity index (χ4n) is 3.71. The lowest BCUT2D eigenvalue weighted by Gasteiger charge is -2.32. The number of nitrogens with zero attached hydrogens (tertiary/aromatic N) is 1. The molecule has 140 valence electrons. The number of nitriles is 1. The Balaban J connectivity index is 1.82. The summed E-state index contributed by atoms with van der Waals surface area (Å²) in [5.74, 6) is 0.765. The van der Waals surface area contributed by atoms with Crippen LogP contribution in [0.2, 0.25) is 0 Å². The SMILES string of the molecule is CC1(C)Cc2c(C#N)c(NCc3ccccc3)[nH+]c(-c3ccccc3)c2CO1. The van der Waals surface area contributed by atoms with Gasteiger partial charge in [0, 0.05) is 17.5 Å². The number of benzene rings is 2. The first-order valence-electron chi connectivity index (χ1n) is 9.56. The highest BCUT2D eigenvalue weighted by Crippen LogP contribution is 2.36. The van der Waals surface area contributed by atoms with Crippen molar-refractivity contribution in [1.82, 2.24) is 0 Å². The van der Waals surface area contributed by atoms with Gasteiger partial charge in [-0.25, -0.2) is 4.98 Å². The Kier molecular flexibility index (Phi) is 4.85. The Morgan fingerprint density at radius 1 is 1.04 bits per heavy atom. The normalized spacial score (nSPS) is 14.8. The van der Waals surface area contributed by atoms with Crippen molar-refractivity contribution in [3.8, 4) is 17.3 Å². The van der Waals surface area contributed by atoms with Gasteiger partial charge in [-0.15, -0.1) is 0 Å². The van der Waals surface area contributed by atoms with E-state index in [0.29, 0.717) is 25.1 Å². The van der Waals surface area contributed by atoms with Crippen molar-refractivity contribution in [1.29, 1.82) is 5.26 Å². The van der Waals surface area contributed by atoms with Crippen LogP contribution in [0.1, 0.15) is 36.1 Å². The number of H-pyrrole nitrogens is 1. The fourth-order valence-corrected chi connectivity index (χ4v) is 3.71. The van der Waals surface area contributed by atoms with Crippen molar-refractivity contribution in [2.45, 2.75) is 39.0 Å². The molecule has 0 unspecified atom stereocenters. The second-order valence-electron chi connectivity index (χ2n) is 7.75. The molecule has 3 aromatic rings. The van der Waals surface area contributed by atoms with Gasteiger partial charge in [0.2, 0.25) is 0 Å². The molecule has 0 spiro atoms. The number of rotatable bonds is 4. The predicted octanol–water partition coefficient (Wildman–Crippen LogP) is 4.50. The Morgan fingerprint density at radius 2 is 1.71 bits per heavy atom. The zero-order valence-electron chi connectivity index (χ0n) is 16.3. The number of aromatic nitrogens is 1. The van der Waals surface area contributed by atoms with Crippen LogP contribution in [0.4, 0.5) is 5.82 Å². The highest BCUT2D eigenvalue weighted by Gasteiger charge is 2.34. The van der Waals surface area contributed by atoms with E-state index in [1.807, 2.05) is 36.4 Å². The van der Waals surface area contributed by atoms with Gasteiger partial charge in [0.15, 0.2) is 0 Å². The average molecular weight is 370 g/mol. The van der Waals surface area contributed by atoms with E-state index in [2.05, 4.69) is 54.5 Å². The number of anilines is 1. The average Bonchev–Trinajstić information content (AvgIpc) is 2.72. The molecule has 1 aliphatic heterocycles. The Bertz CT molecular complexity index is 1020. The molecule has 0 saturated heterocycles. The topological polar surface area (TPSA) is 59.2 Å². The summed E-state index contributed by atoms with van der Waals surface area (Å²) in [7, 11) is 0. The van der Waals surface area contributed by atoms with Crippen LogP contribution < -0.4 is 10.3 Å². The molecule has 2 aromatic carbocycles. The van der Waals surface area contributed by atoms with Crippen LogP contribution in [0.25, 0.3) is 11.3 Å². The third-order valence-corrected chi connectivity index (χ3v) is 5.16. The van der Waals surface area contributed by atoms with Crippen LogP contribution in [0.5, 0.6) is 0 Å². The smallest absolute Gasteiger partial charge is 0.291 e. The number of hydrogen-bond donors (Lipinski definition) is 1. The quantitative estimate of drug-likeness (QED) is 0.735. The lowest BCUT2D eigenvalue weighted by molar-refractivity contribution is -0.349. The van der Waals surface area contributed by atoms with Crippen LogP contribution in [-0.2, 0) is 24.3 Å². The molecule has 0 bridgehead atoms. The van der Waals surface area contributed by atoms with Gasteiger partial charge < -0.3 is 4.74 Å². The van der Waals surface area contributed by atoms with Gasteiger partial charge in [-0.05, 0) is 25.0 Å². The molecule has 0 aliphatic carbocycles. The molecule has 1 aliphatic rings. The van der Waals surface area contributed by atoms with Crippen molar-refractivity contribution < 1.29 is 9.72 Å². The van der Waals surface area contributed by atoms with Crippen molar-refractivity contribution in [3.05, 3.63) is 82.9 Å². The van der Waals surface area contributed by atoms with E-state index in [0.717, 1.165) is 28.2 Å². The van der Waals surface area contributed by atoms with Gasteiger partial charge in [-0.2, -0.15) is 5.26 Å². The third-order valence-electron chi connectivity index (χ3n) is 5.16. The number of ether oxygens (including phenoxy) is 1. The van der Waals surface area contributed by atoms with Crippen LogP contribution in [0, 0.1) is 11.3 Å². The standard InChI is InChI=1S/C24H23N3O/c1-24(2)13-19-20(14-25)23(26-15-17-9-5-3-6-10-17)27-22(21(19)16-28-24)18-11-7-4-8-12-18/h3-12H,13,15-16H2,1-2H3,(H,26,27)/p+1. The van der Waals surface area contributed by atoms with Gasteiger partial charge in [0.25, 0.3) is 5.82 Å². The summed E-state index contributed by atoms with van der Waals surface area (Å²) < 4.78 is 6.07. The van der Waals surface area contributed by atoms with Gasteiger partial charge in [0.1, 0.15) is 23.9 Å². The van der Waals surface area contributed by atoms with Crippen molar-refractivity contribution in [3.63, 3.8) is 0 Å². The molecule has 0 saturated carbocycles. The van der Waals surface area contributed by atoms with E-state index in [9.17, 15) is 5.26 Å². The number of pyridine rings is 1. The van der Waals surface area contributed by atoms with Gasteiger partial charge >= 0.3 is 0 Å². The van der Waals surface area contributed by atoms with Gasteiger partial charge in [-0.3, -0.25) is 5.32 Å². The van der Waals surface area contributed by atoms with Crippen LogP contribution in [0.3, 0.4) is 0 Å². The summed E-state index contributed by atoms with van der Waals surface area (Å²) in [5.41, 5.74) is 5.82. The Morgan fingerprint density at radius 3 is 2.39 bits per heavy atom. The molecule has 0 atom stereocenters. The first-order chi connectivity index (χ1) is 13.6. The van der Waals surface area contributed by atoms with E-state index < -0.39 is 0 Å². The van der Waals surface area contributed by atoms with Crippen LogP contribution >= 0.6 is 0 Å². The van der Waals surface area contributed by atoms with E-state index in [4.69, 9.17) is 4.74 Å². The van der Waals surface area contributed by atoms with Crippen molar-refractivity contribution in [2.24, 2.45) is 0 Å². The number of nitrogens with one attached hydrogen (secondary N) is 2. The molecular weight excluding hydrogens is 346 g/mol. The van der Waals surface area contributed by atoms with E-state index in [1.165, 1.54) is 5.56 Å². The summed E-state index contributed by atoms with van der Waals surface area (Å²) in [5, 5.41) is 13.4. The molecule has 28 heavy (non-hydrogen) atoms. The first kappa shape index (κ1) is 18.2. The van der Waals surface area contributed by atoms with Crippen LogP contribution in [0.15, 0.2) is 60.7 Å². The minimum atomic E-state index is -0.287. The van der Waals surface area contributed by atoms with Gasteiger partial charge in [-0.1, -0.05) is 60.7 Å². The van der Waals surface area contributed by atoms with E-state index in [-0.39, 0.29) is 5.60 Å². The second kappa shape index (κ2) is 7.46.